The van der Waals surface area contributed by atoms with Gasteiger partial charge in [-0.3, -0.25) is 9.59 Å². The summed E-state index contributed by atoms with van der Waals surface area (Å²) in [6.07, 6.45) is 0. The molecule has 1 aromatic heterocycles. The zero-order chi connectivity index (χ0) is 14.4. The number of nitrogens with one attached hydrogen (secondary N) is 2. The van der Waals surface area contributed by atoms with Crippen LogP contribution < -0.4 is 16.4 Å². The van der Waals surface area contributed by atoms with E-state index in [4.69, 9.17) is 10.5 Å². The van der Waals surface area contributed by atoms with Crippen LogP contribution in [0, 0.1) is 13.8 Å². The number of aryl methyl sites for hydroxylation is 1. The molecule has 4 N–H and O–H groups in total. The molecule has 6 nitrogen and oxygen atoms in total. The molecule has 0 saturated carbocycles. The minimum absolute atomic E-state index is 0.0418. The number of nitrogens with two attached hydrogens (primary N) is 1. The molecule has 1 aromatic rings. The number of ether oxygens (including phenoxy) is 1. The summed E-state index contributed by atoms with van der Waals surface area (Å²) in [4.78, 5) is 24.6. The summed E-state index contributed by atoms with van der Waals surface area (Å²) in [6, 6.07) is 0. The smallest absolute Gasteiger partial charge is 0.254 e. The molecule has 1 rings (SSSR count). The van der Waals surface area contributed by atoms with Crippen molar-refractivity contribution in [3.05, 3.63) is 16.0 Å². The van der Waals surface area contributed by atoms with Crippen LogP contribution in [0.15, 0.2) is 0 Å². The Balaban J connectivity index is 2.95. The normalized spacial score (nSPS) is 10.3. The zero-order valence-electron chi connectivity index (χ0n) is 11.3. The van der Waals surface area contributed by atoms with Crippen LogP contribution in [0.5, 0.6) is 0 Å². The summed E-state index contributed by atoms with van der Waals surface area (Å²) in [6.45, 7) is 4.50. The average molecular weight is 285 g/mol. The SMILES string of the molecule is COCC(=O)Nc1sc(C)c(C)c1C(=O)NCCN. The Bertz CT molecular complexity index is 471. The summed E-state index contributed by atoms with van der Waals surface area (Å²) in [7, 11) is 1.44. The Hall–Kier alpha value is -1.44. The highest BCUT2D eigenvalue weighted by atomic mass is 32.1. The van der Waals surface area contributed by atoms with E-state index in [1.807, 2.05) is 13.8 Å². The van der Waals surface area contributed by atoms with Gasteiger partial charge < -0.3 is 21.1 Å². The highest BCUT2D eigenvalue weighted by Gasteiger charge is 2.20. The van der Waals surface area contributed by atoms with Gasteiger partial charge in [0.25, 0.3) is 11.8 Å². The molecule has 0 fully saturated rings. The molecule has 1 heterocycles. The van der Waals surface area contributed by atoms with Gasteiger partial charge in [-0.15, -0.1) is 11.3 Å². The summed E-state index contributed by atoms with van der Waals surface area (Å²) < 4.78 is 4.75. The largest absolute Gasteiger partial charge is 0.375 e. The van der Waals surface area contributed by atoms with Gasteiger partial charge in [-0.05, 0) is 19.4 Å². The van der Waals surface area contributed by atoms with Crippen molar-refractivity contribution < 1.29 is 14.3 Å². The van der Waals surface area contributed by atoms with Crippen LogP contribution in [0.1, 0.15) is 20.8 Å². The molecule has 0 spiro atoms. The number of hydrogen-bond donors (Lipinski definition) is 3. The van der Waals surface area contributed by atoms with E-state index in [0.717, 1.165) is 10.4 Å². The topological polar surface area (TPSA) is 93.4 Å². The van der Waals surface area contributed by atoms with Crippen molar-refractivity contribution in [1.29, 1.82) is 0 Å². The Morgan fingerprint density at radius 1 is 1.37 bits per heavy atom. The maximum atomic E-state index is 12.1. The minimum Gasteiger partial charge on any atom is -0.375 e. The predicted molar refractivity (Wildman–Crippen MR) is 75.7 cm³/mol. The van der Waals surface area contributed by atoms with E-state index in [1.165, 1.54) is 18.4 Å². The number of carbonyl (C=O) groups is 2. The summed E-state index contributed by atoms with van der Waals surface area (Å²) in [5.41, 5.74) is 6.73. The van der Waals surface area contributed by atoms with Gasteiger partial charge in [0.05, 0.1) is 5.56 Å². The van der Waals surface area contributed by atoms with Gasteiger partial charge in [0.1, 0.15) is 11.6 Å². The molecule has 2 amide bonds. The van der Waals surface area contributed by atoms with E-state index in [9.17, 15) is 9.59 Å². The first-order valence-corrected chi connectivity index (χ1v) is 6.70. The molecule has 0 unspecified atom stereocenters. The Labute approximate surface area is 116 Å². The van der Waals surface area contributed by atoms with Crippen LogP contribution in [0.2, 0.25) is 0 Å². The number of thiophene rings is 1. The lowest BCUT2D eigenvalue weighted by atomic mass is 10.1. The maximum Gasteiger partial charge on any atom is 0.254 e. The molecule has 106 valence electrons. The summed E-state index contributed by atoms with van der Waals surface area (Å²) in [5, 5.41) is 5.95. The molecule has 0 radical (unpaired) electrons. The Morgan fingerprint density at radius 2 is 2.05 bits per heavy atom. The lowest BCUT2D eigenvalue weighted by Gasteiger charge is -2.07. The second-order valence-electron chi connectivity index (χ2n) is 4.01. The van der Waals surface area contributed by atoms with Crippen molar-refractivity contribution in [1.82, 2.24) is 5.32 Å². The molecule has 0 aliphatic carbocycles. The molecule has 19 heavy (non-hydrogen) atoms. The van der Waals surface area contributed by atoms with E-state index < -0.39 is 0 Å². The van der Waals surface area contributed by atoms with Gasteiger partial charge in [-0.2, -0.15) is 0 Å². The van der Waals surface area contributed by atoms with Crippen molar-refractivity contribution in [3.8, 4) is 0 Å². The van der Waals surface area contributed by atoms with Crippen LogP contribution in [-0.2, 0) is 9.53 Å². The van der Waals surface area contributed by atoms with E-state index in [2.05, 4.69) is 10.6 Å². The molecule has 0 aliphatic heterocycles. The van der Waals surface area contributed by atoms with E-state index in [1.54, 1.807) is 0 Å². The number of rotatable bonds is 6. The standard InChI is InChI=1S/C12H19N3O3S/c1-7-8(2)19-12(15-9(16)6-18-3)10(7)11(17)14-5-4-13/h4-6,13H2,1-3H3,(H,14,17)(H,15,16). The lowest BCUT2D eigenvalue weighted by molar-refractivity contribution is -0.119. The van der Waals surface area contributed by atoms with Crippen molar-refractivity contribution in [3.63, 3.8) is 0 Å². The minimum atomic E-state index is -0.281. The van der Waals surface area contributed by atoms with Gasteiger partial charge in [0, 0.05) is 25.1 Å². The molecule has 0 aliphatic rings. The number of methoxy groups -OCH3 is 1. The van der Waals surface area contributed by atoms with Crippen LogP contribution in [0.3, 0.4) is 0 Å². The van der Waals surface area contributed by atoms with Crippen LogP contribution in [0.4, 0.5) is 5.00 Å². The predicted octanol–water partition coefficient (Wildman–Crippen LogP) is 0.638. The molecule has 7 heteroatoms. The average Bonchev–Trinajstić information content (AvgIpc) is 2.62. The number of carbonyl (C=O) groups excluding carboxylic acids is 2. The van der Waals surface area contributed by atoms with Crippen molar-refractivity contribution in [2.45, 2.75) is 13.8 Å². The van der Waals surface area contributed by atoms with Gasteiger partial charge in [-0.25, -0.2) is 0 Å². The third-order valence-corrected chi connectivity index (χ3v) is 3.69. The number of hydrogen-bond acceptors (Lipinski definition) is 5. The molecular weight excluding hydrogens is 266 g/mol. The van der Waals surface area contributed by atoms with E-state index >= 15 is 0 Å². The third-order valence-electron chi connectivity index (χ3n) is 2.57. The zero-order valence-corrected chi connectivity index (χ0v) is 12.1. The van der Waals surface area contributed by atoms with Gasteiger partial charge >= 0.3 is 0 Å². The van der Waals surface area contributed by atoms with Crippen LogP contribution in [-0.4, -0.2) is 38.6 Å². The summed E-state index contributed by atoms with van der Waals surface area (Å²) >= 11 is 1.38. The van der Waals surface area contributed by atoms with Crippen LogP contribution >= 0.6 is 11.3 Å². The molecule has 0 atom stereocenters. The van der Waals surface area contributed by atoms with Gasteiger partial charge in [0.15, 0.2) is 0 Å². The van der Waals surface area contributed by atoms with Crippen LogP contribution in [0.25, 0.3) is 0 Å². The molecule has 0 saturated heterocycles. The second kappa shape index (κ2) is 7.22. The van der Waals surface area contributed by atoms with Crippen molar-refractivity contribution >= 4 is 28.2 Å². The van der Waals surface area contributed by atoms with E-state index in [0.29, 0.717) is 23.7 Å². The number of amides is 2. The Kier molecular flexibility index (Phi) is 5.94. The first-order valence-electron chi connectivity index (χ1n) is 5.88. The lowest BCUT2D eigenvalue weighted by Crippen LogP contribution is -2.30. The third kappa shape index (κ3) is 4.02. The first-order chi connectivity index (χ1) is 9.01. The highest BCUT2D eigenvalue weighted by Crippen LogP contribution is 2.32. The fourth-order valence-electron chi connectivity index (χ4n) is 1.56. The quantitative estimate of drug-likeness (QED) is 0.715. The Morgan fingerprint density at radius 3 is 2.63 bits per heavy atom. The second-order valence-corrected chi connectivity index (χ2v) is 5.24. The molecule has 0 bridgehead atoms. The maximum absolute atomic E-state index is 12.1. The summed E-state index contributed by atoms with van der Waals surface area (Å²) in [5.74, 6) is -0.503. The molecular formula is C12H19N3O3S. The monoisotopic (exact) mass is 285 g/mol. The first kappa shape index (κ1) is 15.6. The van der Waals surface area contributed by atoms with Crippen molar-refractivity contribution in [2.75, 3.05) is 32.1 Å². The number of anilines is 1. The van der Waals surface area contributed by atoms with Crippen molar-refractivity contribution in [2.24, 2.45) is 5.73 Å². The van der Waals surface area contributed by atoms with Gasteiger partial charge in [0.2, 0.25) is 0 Å². The van der Waals surface area contributed by atoms with E-state index in [-0.39, 0.29) is 18.4 Å². The fourth-order valence-corrected chi connectivity index (χ4v) is 2.63. The molecule has 0 aromatic carbocycles. The highest BCUT2D eigenvalue weighted by molar-refractivity contribution is 7.16. The van der Waals surface area contributed by atoms with Gasteiger partial charge in [-0.1, -0.05) is 0 Å². The fraction of sp³-hybridized carbons (Fsp3) is 0.500.